The molecule has 33 heavy (non-hydrogen) atoms. The molecule has 7 nitrogen and oxygen atoms in total. The average molecular weight is 597 g/mol. The molecule has 0 spiro atoms. The third kappa shape index (κ3) is 4.72. The molecule has 1 aliphatic heterocycles. The lowest BCUT2D eigenvalue weighted by atomic mass is 10.1. The number of fused-ring (bicyclic) bond motifs is 1. The molecule has 0 fully saturated rings. The summed E-state index contributed by atoms with van der Waals surface area (Å²) in [5, 5.41) is 1.79. The zero-order valence-corrected chi connectivity index (χ0v) is 21.9. The summed E-state index contributed by atoms with van der Waals surface area (Å²) in [6.45, 7) is 4.32. The highest BCUT2D eigenvalue weighted by molar-refractivity contribution is 9.10. The number of ether oxygens (including phenoxy) is 1. The van der Waals surface area contributed by atoms with Gasteiger partial charge in [-0.15, -0.1) is 0 Å². The number of benzene rings is 2. The first-order chi connectivity index (χ1) is 15.4. The van der Waals surface area contributed by atoms with Gasteiger partial charge in [0.05, 0.1) is 31.2 Å². The Kier molecular flexibility index (Phi) is 7.65. The molecular weight excluding hydrogens is 582 g/mol. The molecule has 3 amide bonds. The topological polar surface area (TPSA) is 92.8 Å². The van der Waals surface area contributed by atoms with Crippen molar-refractivity contribution in [2.24, 2.45) is 0 Å². The van der Waals surface area contributed by atoms with Crippen LogP contribution in [-0.4, -0.2) is 41.2 Å². The van der Waals surface area contributed by atoms with Gasteiger partial charge in [-0.25, -0.2) is 4.79 Å². The van der Waals surface area contributed by atoms with Crippen LogP contribution in [0.15, 0.2) is 16.6 Å². The van der Waals surface area contributed by atoms with Crippen LogP contribution in [0.1, 0.15) is 38.8 Å². The predicted octanol–water partition coefficient (Wildman–Crippen LogP) is 5.85. The van der Waals surface area contributed by atoms with Crippen molar-refractivity contribution in [1.29, 1.82) is 0 Å². The number of nitrogens with one attached hydrogen (secondary N) is 1. The maximum Gasteiger partial charge on any atom is 0.329 e. The summed E-state index contributed by atoms with van der Waals surface area (Å²) in [5.74, 6) is -3.33. The van der Waals surface area contributed by atoms with Crippen LogP contribution in [0, 0.1) is 13.8 Å². The summed E-state index contributed by atoms with van der Waals surface area (Å²) in [6.07, 6.45) is 0. The second kappa shape index (κ2) is 9.80. The first-order valence-electron chi connectivity index (χ1n) is 9.33. The van der Waals surface area contributed by atoms with Crippen LogP contribution >= 0.6 is 62.3 Å². The molecule has 2 aromatic rings. The van der Waals surface area contributed by atoms with Crippen molar-refractivity contribution < 1.29 is 23.9 Å². The van der Waals surface area contributed by atoms with E-state index in [0.717, 1.165) is 15.6 Å². The molecule has 1 aliphatic rings. The molecule has 2 aromatic carbocycles. The van der Waals surface area contributed by atoms with Crippen LogP contribution in [-0.2, 0) is 14.3 Å². The second-order valence-corrected chi connectivity index (χ2v) is 9.60. The number of hydrogen-bond donors (Lipinski definition) is 1. The Balaban J connectivity index is 1.72. The average Bonchev–Trinajstić information content (AvgIpc) is 3.02. The number of imide groups is 1. The van der Waals surface area contributed by atoms with Gasteiger partial charge >= 0.3 is 5.97 Å². The quantitative estimate of drug-likeness (QED) is 0.202. The van der Waals surface area contributed by atoms with Crippen LogP contribution in [0.4, 0.5) is 5.69 Å². The predicted molar refractivity (Wildman–Crippen MR) is 130 cm³/mol. The van der Waals surface area contributed by atoms with Gasteiger partial charge in [-0.3, -0.25) is 19.3 Å². The van der Waals surface area contributed by atoms with Crippen LogP contribution in [0.3, 0.4) is 0 Å². The van der Waals surface area contributed by atoms with Gasteiger partial charge in [0, 0.05) is 10.2 Å². The van der Waals surface area contributed by atoms with Crippen molar-refractivity contribution in [1.82, 2.24) is 4.90 Å². The monoisotopic (exact) mass is 594 g/mol. The first-order valence-corrected chi connectivity index (χ1v) is 11.6. The third-order valence-electron chi connectivity index (χ3n) is 4.99. The van der Waals surface area contributed by atoms with E-state index in [4.69, 9.17) is 51.1 Å². The number of aryl methyl sites for hydroxylation is 2. The molecule has 0 bridgehead atoms. The molecule has 0 radical (unpaired) electrons. The van der Waals surface area contributed by atoms with Crippen molar-refractivity contribution in [2.45, 2.75) is 26.8 Å². The molecule has 0 saturated heterocycles. The van der Waals surface area contributed by atoms with E-state index < -0.39 is 36.3 Å². The highest BCUT2D eigenvalue weighted by Gasteiger charge is 2.45. The van der Waals surface area contributed by atoms with Crippen molar-refractivity contribution in [2.75, 3.05) is 11.9 Å². The van der Waals surface area contributed by atoms with Crippen molar-refractivity contribution in [3.05, 3.63) is 58.9 Å². The summed E-state index contributed by atoms with van der Waals surface area (Å²) in [7, 11) is 0. The minimum absolute atomic E-state index is 0.185. The number of esters is 1. The summed E-state index contributed by atoms with van der Waals surface area (Å²) in [5.41, 5.74) is 1.77. The van der Waals surface area contributed by atoms with E-state index in [-0.39, 0.29) is 31.2 Å². The van der Waals surface area contributed by atoms with Crippen molar-refractivity contribution in [3.63, 3.8) is 0 Å². The number of hydrogen-bond acceptors (Lipinski definition) is 5. The molecule has 1 N–H and O–H groups in total. The van der Waals surface area contributed by atoms with E-state index in [9.17, 15) is 19.2 Å². The molecule has 174 valence electrons. The van der Waals surface area contributed by atoms with Gasteiger partial charge in [-0.1, -0.05) is 62.3 Å². The lowest BCUT2D eigenvalue weighted by Gasteiger charge is -2.21. The lowest BCUT2D eigenvalue weighted by molar-refractivity contribution is -0.150. The normalized spacial score (nSPS) is 13.8. The largest absolute Gasteiger partial charge is 0.454 e. The van der Waals surface area contributed by atoms with E-state index in [0.29, 0.717) is 10.6 Å². The van der Waals surface area contributed by atoms with E-state index in [2.05, 4.69) is 21.2 Å². The minimum atomic E-state index is -1.37. The molecule has 0 saturated carbocycles. The number of rotatable bonds is 5. The van der Waals surface area contributed by atoms with Gasteiger partial charge in [-0.2, -0.15) is 0 Å². The number of anilines is 1. The number of carbonyl (C=O) groups excluding carboxylic acids is 4. The fourth-order valence-corrected chi connectivity index (χ4v) is 4.65. The van der Waals surface area contributed by atoms with E-state index in [1.165, 1.54) is 6.92 Å². The van der Waals surface area contributed by atoms with Crippen LogP contribution in [0.25, 0.3) is 0 Å². The Labute approximate surface area is 217 Å². The fourth-order valence-electron chi connectivity index (χ4n) is 3.18. The van der Waals surface area contributed by atoms with Gasteiger partial charge in [0.2, 0.25) is 0 Å². The Morgan fingerprint density at radius 2 is 1.48 bits per heavy atom. The van der Waals surface area contributed by atoms with E-state index in [1.54, 1.807) is 6.07 Å². The van der Waals surface area contributed by atoms with Gasteiger partial charge in [-0.05, 0) is 44.0 Å². The maximum absolute atomic E-state index is 12.8. The summed E-state index contributed by atoms with van der Waals surface area (Å²) in [6, 6.07) is 2.24. The zero-order valence-electron chi connectivity index (χ0n) is 17.3. The molecule has 12 heteroatoms. The van der Waals surface area contributed by atoms with Gasteiger partial charge in [0.25, 0.3) is 17.7 Å². The Hall–Kier alpha value is -1.84. The summed E-state index contributed by atoms with van der Waals surface area (Å²) < 4.78 is 5.91. The highest BCUT2D eigenvalue weighted by atomic mass is 79.9. The Bertz CT molecular complexity index is 1190. The number of carbonyl (C=O) groups is 4. The summed E-state index contributed by atoms with van der Waals surface area (Å²) >= 11 is 27.6. The molecular formula is C21H15BrCl4N2O5. The molecule has 0 unspecified atom stereocenters. The zero-order chi connectivity index (χ0) is 24.8. The Morgan fingerprint density at radius 3 is 2.00 bits per heavy atom. The van der Waals surface area contributed by atoms with E-state index in [1.807, 2.05) is 19.9 Å². The SMILES string of the molecule is Cc1cc(NC(=O)COC(=O)[C@@H](C)N2C(=O)c3c(Cl)c(Cl)c(Cl)c(Cl)c3C2=O)c(C)cc1Br. The van der Waals surface area contributed by atoms with Gasteiger partial charge in [0.1, 0.15) is 6.04 Å². The number of nitrogens with zero attached hydrogens (tertiary/aromatic N) is 1. The molecule has 1 heterocycles. The summed E-state index contributed by atoms with van der Waals surface area (Å²) in [4.78, 5) is 51.1. The molecule has 1 atom stereocenters. The minimum Gasteiger partial charge on any atom is -0.454 e. The van der Waals surface area contributed by atoms with Crippen molar-refractivity contribution >= 4 is 91.7 Å². The standard InChI is InChI=1S/C21H15BrCl4N2O5/c1-7-5-11(8(2)4-10(7)22)27-12(29)6-33-21(32)9(3)28-19(30)13-14(20(28)31)16(24)18(26)17(25)15(13)23/h4-5,9H,6H2,1-3H3,(H,27,29)/t9-/m1/s1. The van der Waals surface area contributed by atoms with Crippen LogP contribution in [0.2, 0.25) is 20.1 Å². The van der Waals surface area contributed by atoms with Crippen LogP contribution in [0.5, 0.6) is 0 Å². The lowest BCUT2D eigenvalue weighted by Crippen LogP contribution is -2.44. The van der Waals surface area contributed by atoms with Gasteiger partial charge in [0.15, 0.2) is 6.61 Å². The smallest absolute Gasteiger partial charge is 0.329 e. The van der Waals surface area contributed by atoms with Gasteiger partial charge < -0.3 is 10.1 Å². The third-order valence-corrected chi connectivity index (χ3v) is 7.64. The first kappa shape index (κ1) is 25.8. The van der Waals surface area contributed by atoms with Crippen LogP contribution < -0.4 is 5.32 Å². The number of amides is 3. The second-order valence-electron chi connectivity index (χ2n) is 7.23. The molecule has 3 rings (SSSR count). The molecule has 0 aromatic heterocycles. The Morgan fingerprint density at radius 1 is 0.970 bits per heavy atom. The van der Waals surface area contributed by atoms with E-state index >= 15 is 0 Å². The maximum atomic E-state index is 12.8. The molecule has 0 aliphatic carbocycles. The highest BCUT2D eigenvalue weighted by Crippen LogP contribution is 2.45. The van der Waals surface area contributed by atoms with Crippen molar-refractivity contribution in [3.8, 4) is 0 Å². The number of halogens is 5. The fraction of sp³-hybridized carbons (Fsp3) is 0.238.